The number of benzene rings is 10. The number of allylic oxidation sites excluding steroid dienone is 1. The van der Waals surface area contributed by atoms with E-state index >= 15 is 0 Å². The van der Waals surface area contributed by atoms with E-state index in [9.17, 15) is 0 Å². The first-order chi connectivity index (χ1) is 35.8. The molecule has 0 fully saturated rings. The van der Waals surface area contributed by atoms with Gasteiger partial charge in [-0.2, -0.15) is 0 Å². The van der Waals surface area contributed by atoms with Crippen LogP contribution in [0.5, 0.6) is 0 Å². The minimum atomic E-state index is 0.112. The van der Waals surface area contributed by atoms with Crippen LogP contribution < -0.4 is 9.80 Å². The lowest BCUT2D eigenvalue weighted by Crippen LogP contribution is -2.12. The Bertz CT molecular complexity index is 4800. The number of nitrogens with zero attached hydrogens (tertiary/aromatic N) is 4. The predicted octanol–water partition coefficient (Wildman–Crippen LogP) is 18.2. The fourth-order valence-corrected chi connectivity index (χ4v) is 13.1. The number of rotatable bonds is 6. The summed E-state index contributed by atoms with van der Waals surface area (Å²) in [7, 11) is 0. The largest absolute Gasteiger partial charge is 0.456 e. The van der Waals surface area contributed by atoms with Gasteiger partial charge in [0.05, 0.1) is 61.8 Å². The summed E-state index contributed by atoms with van der Waals surface area (Å²) in [5, 5.41) is 10.7. The fraction of sp³-hybridized carbons (Fsp3) is 0.0303. The monoisotopic (exact) mass is 920 g/mol. The molecule has 72 heavy (non-hydrogen) atoms. The standard InChI is InChI=1S/C66H40N4O2/c1-3-17-39(18-4-1)67(51-27-15-31-59-61(51)45-23-9-13-29-57(45)71-59)53-35-33-41-47-37-56-48(38-55(47)69-49-25-11-7-21-43(49)63(53)65(41)69)42-34-36-54(64-44-22-8-12-26-50(44)70(56)66(42)64)68(40-19-5-2-6-20-40)52-28-16-32-60-62(52)46-24-10-14-30-58(46)72-60/h1-37,55H,38H2. The number of fused-ring (bicyclic) bond motifs is 18. The molecule has 336 valence electrons. The highest BCUT2D eigenvalue weighted by atomic mass is 16.3. The molecule has 1 atom stereocenters. The highest BCUT2D eigenvalue weighted by molar-refractivity contribution is 6.26. The van der Waals surface area contributed by atoms with Gasteiger partial charge in [-0.25, -0.2) is 0 Å². The van der Waals surface area contributed by atoms with Gasteiger partial charge in [-0.3, -0.25) is 0 Å². The lowest BCUT2D eigenvalue weighted by molar-refractivity contribution is 0.668. The van der Waals surface area contributed by atoms with Crippen molar-refractivity contribution in [2.45, 2.75) is 12.5 Å². The van der Waals surface area contributed by atoms with Crippen LogP contribution in [0, 0.1) is 0 Å². The van der Waals surface area contributed by atoms with E-state index in [1.165, 1.54) is 71.4 Å². The summed E-state index contributed by atoms with van der Waals surface area (Å²) in [6, 6.07) is 79.0. The Balaban J connectivity index is 0.908. The second kappa shape index (κ2) is 14.1. The molecule has 0 amide bonds. The average molecular weight is 921 g/mol. The van der Waals surface area contributed by atoms with Crippen molar-refractivity contribution in [3.8, 4) is 0 Å². The molecular weight excluding hydrogens is 881 g/mol. The summed E-state index contributed by atoms with van der Waals surface area (Å²) in [6.07, 6.45) is 3.40. The number of anilines is 6. The zero-order valence-electron chi connectivity index (χ0n) is 38.8. The van der Waals surface area contributed by atoms with E-state index in [1.54, 1.807) is 0 Å². The summed E-state index contributed by atoms with van der Waals surface area (Å²) in [5.41, 5.74) is 20.5. The van der Waals surface area contributed by atoms with Crippen molar-refractivity contribution < 1.29 is 8.83 Å². The molecule has 0 spiro atoms. The van der Waals surface area contributed by atoms with E-state index in [0.717, 1.165) is 84.4 Å². The minimum absolute atomic E-state index is 0.112. The first kappa shape index (κ1) is 38.3. The summed E-state index contributed by atoms with van der Waals surface area (Å²) in [6.45, 7) is 0. The molecule has 1 aliphatic carbocycles. The van der Waals surface area contributed by atoms with Crippen molar-refractivity contribution in [2.75, 3.05) is 9.80 Å². The third kappa shape index (κ3) is 4.92. The second-order valence-electron chi connectivity index (χ2n) is 19.5. The lowest BCUT2D eigenvalue weighted by atomic mass is 9.87. The summed E-state index contributed by atoms with van der Waals surface area (Å²) >= 11 is 0. The molecule has 0 saturated carbocycles. The topological polar surface area (TPSA) is 42.1 Å². The third-order valence-electron chi connectivity index (χ3n) is 15.9. The Morgan fingerprint density at radius 1 is 0.375 bits per heavy atom. The van der Waals surface area contributed by atoms with E-state index < -0.39 is 0 Å². The Labute approximate surface area is 412 Å². The molecule has 17 rings (SSSR count). The van der Waals surface area contributed by atoms with E-state index in [2.05, 4.69) is 231 Å². The number of aromatic nitrogens is 2. The highest BCUT2D eigenvalue weighted by Crippen LogP contribution is 2.57. The quantitative estimate of drug-likeness (QED) is 0.167. The van der Waals surface area contributed by atoms with Crippen molar-refractivity contribution in [1.82, 2.24) is 8.97 Å². The maximum atomic E-state index is 6.51. The minimum Gasteiger partial charge on any atom is -0.456 e. The van der Waals surface area contributed by atoms with Crippen LogP contribution in [0.2, 0.25) is 0 Å². The average Bonchev–Trinajstić information content (AvgIpc) is 4.29. The molecule has 6 heteroatoms. The smallest absolute Gasteiger partial charge is 0.137 e. The fourth-order valence-electron chi connectivity index (χ4n) is 13.1. The number of furan rings is 2. The van der Waals surface area contributed by atoms with Crippen molar-refractivity contribution in [1.29, 1.82) is 0 Å². The molecule has 0 radical (unpaired) electrons. The van der Waals surface area contributed by atoms with Crippen LogP contribution in [-0.4, -0.2) is 8.97 Å². The van der Waals surface area contributed by atoms with Gasteiger partial charge in [0.1, 0.15) is 22.3 Å². The maximum Gasteiger partial charge on any atom is 0.137 e. The zero-order chi connectivity index (χ0) is 46.8. The number of hydrogen-bond donors (Lipinski definition) is 0. The van der Waals surface area contributed by atoms with Gasteiger partial charge in [-0.05, 0) is 102 Å². The van der Waals surface area contributed by atoms with E-state index in [1.807, 2.05) is 12.1 Å². The van der Waals surface area contributed by atoms with Gasteiger partial charge in [0.25, 0.3) is 0 Å². The number of hydrogen-bond acceptors (Lipinski definition) is 4. The van der Waals surface area contributed by atoms with Crippen LogP contribution in [0.1, 0.15) is 22.9 Å². The van der Waals surface area contributed by atoms with Crippen LogP contribution in [0.4, 0.5) is 34.1 Å². The van der Waals surface area contributed by atoms with Gasteiger partial charge < -0.3 is 27.6 Å². The maximum absolute atomic E-state index is 6.51. The van der Waals surface area contributed by atoms with Crippen molar-refractivity contribution in [3.63, 3.8) is 0 Å². The Morgan fingerprint density at radius 2 is 0.861 bits per heavy atom. The van der Waals surface area contributed by atoms with Crippen LogP contribution in [-0.2, 0) is 6.42 Å². The van der Waals surface area contributed by atoms with Crippen LogP contribution in [0.15, 0.2) is 227 Å². The van der Waals surface area contributed by atoms with Crippen molar-refractivity contribution in [3.05, 3.63) is 235 Å². The summed E-state index contributed by atoms with van der Waals surface area (Å²) < 4.78 is 18.3. The third-order valence-corrected chi connectivity index (χ3v) is 15.9. The van der Waals surface area contributed by atoms with Crippen LogP contribution >= 0.6 is 0 Å². The molecule has 2 aliphatic rings. The summed E-state index contributed by atoms with van der Waals surface area (Å²) in [4.78, 5) is 4.91. The SMILES string of the molecule is C1=C2c3ccc(N(c4ccccc4)c4cccc5oc6ccccc6c45)c4c5ccccc5n(c34)C2Cc2c1n1c3ccccc3c3c(N(c4ccccc4)c4cccc5oc6ccccc6c45)ccc2c31. The molecule has 0 bridgehead atoms. The van der Waals surface area contributed by atoms with Crippen molar-refractivity contribution >= 4 is 139 Å². The van der Waals surface area contributed by atoms with Gasteiger partial charge >= 0.3 is 0 Å². The van der Waals surface area contributed by atoms with Crippen LogP contribution in [0.3, 0.4) is 0 Å². The molecule has 1 unspecified atom stereocenters. The molecule has 0 N–H and O–H groups in total. The van der Waals surface area contributed by atoms with Gasteiger partial charge in [0.15, 0.2) is 0 Å². The Morgan fingerprint density at radius 3 is 1.49 bits per heavy atom. The highest BCUT2D eigenvalue weighted by Gasteiger charge is 2.39. The first-order valence-electron chi connectivity index (χ1n) is 24.9. The molecule has 0 saturated heterocycles. The summed E-state index contributed by atoms with van der Waals surface area (Å²) in [5.74, 6) is 0. The number of para-hydroxylation sites is 6. The zero-order valence-corrected chi connectivity index (χ0v) is 38.8. The van der Waals surface area contributed by atoms with Gasteiger partial charge in [-0.15, -0.1) is 0 Å². The predicted molar refractivity (Wildman–Crippen MR) is 298 cm³/mol. The molecule has 10 aromatic carbocycles. The van der Waals surface area contributed by atoms with Crippen molar-refractivity contribution in [2.24, 2.45) is 0 Å². The molecular formula is C66H40N4O2. The molecule has 5 aromatic heterocycles. The Kier molecular flexibility index (Phi) is 7.49. The molecule has 1 aliphatic heterocycles. The first-order valence-corrected chi connectivity index (χ1v) is 24.9. The van der Waals surface area contributed by atoms with E-state index in [4.69, 9.17) is 8.83 Å². The molecule has 6 nitrogen and oxygen atoms in total. The van der Waals surface area contributed by atoms with Crippen LogP contribution in [0.25, 0.3) is 105 Å². The van der Waals surface area contributed by atoms with Gasteiger partial charge in [0, 0.05) is 66.6 Å². The second-order valence-corrected chi connectivity index (χ2v) is 19.5. The normalized spacial score (nSPS) is 14.3. The lowest BCUT2D eigenvalue weighted by Gasteiger charge is -2.27. The Hall–Kier alpha value is -9.52. The van der Waals surface area contributed by atoms with E-state index in [0.29, 0.717) is 0 Å². The molecule has 6 heterocycles. The van der Waals surface area contributed by atoms with Gasteiger partial charge in [0.2, 0.25) is 0 Å². The molecule has 15 aromatic rings. The van der Waals surface area contributed by atoms with Gasteiger partial charge in [-0.1, -0.05) is 133 Å². The van der Waals surface area contributed by atoms with E-state index in [-0.39, 0.29) is 6.04 Å².